The number of benzene rings is 1. The van der Waals surface area contributed by atoms with Gasteiger partial charge in [0.2, 0.25) is 17.7 Å². The van der Waals surface area contributed by atoms with E-state index in [1.807, 2.05) is 19.9 Å². The zero-order valence-corrected chi connectivity index (χ0v) is 22.9. The molecule has 1 aromatic rings. The monoisotopic (exact) mass is 536 g/mol. The fourth-order valence-corrected chi connectivity index (χ4v) is 3.21. The average Bonchev–Trinajstić information content (AvgIpc) is 2.83. The molecule has 12 heteroatoms. The fourth-order valence-electron chi connectivity index (χ4n) is 3.21. The van der Waals surface area contributed by atoms with Crippen LogP contribution >= 0.6 is 0 Å². The summed E-state index contributed by atoms with van der Waals surface area (Å²) in [6.07, 6.45) is -1.16. The minimum absolute atomic E-state index is 0.0292. The van der Waals surface area contributed by atoms with Crippen molar-refractivity contribution in [3.8, 4) is 0 Å². The highest BCUT2D eigenvalue weighted by Gasteiger charge is 2.32. The lowest BCUT2D eigenvalue weighted by Crippen LogP contribution is -2.58. The number of rotatable bonds is 14. The van der Waals surface area contributed by atoms with E-state index < -0.39 is 59.9 Å². The number of methoxy groups -OCH3 is 1. The lowest BCUT2D eigenvalue weighted by molar-refractivity contribution is -0.146. The maximum absolute atomic E-state index is 13.1. The van der Waals surface area contributed by atoms with Gasteiger partial charge in [0.15, 0.2) is 0 Å². The highest BCUT2D eigenvalue weighted by molar-refractivity contribution is 5.95. The quantitative estimate of drug-likeness (QED) is 0.256. The zero-order chi connectivity index (χ0) is 28.9. The molecule has 3 atom stereocenters. The van der Waals surface area contributed by atoms with Crippen LogP contribution in [0.5, 0.6) is 0 Å². The normalized spacial score (nSPS) is 13.6. The second-order valence-corrected chi connectivity index (χ2v) is 10.1. The average molecular weight is 537 g/mol. The molecule has 4 amide bonds. The van der Waals surface area contributed by atoms with Crippen LogP contribution in [0, 0.1) is 5.92 Å². The van der Waals surface area contributed by atoms with Crippen LogP contribution in [0.3, 0.4) is 0 Å². The van der Waals surface area contributed by atoms with Gasteiger partial charge in [-0.05, 0) is 38.7 Å². The molecule has 0 aromatic heterocycles. The van der Waals surface area contributed by atoms with Crippen LogP contribution in [0.15, 0.2) is 30.3 Å². The maximum atomic E-state index is 13.1. The molecule has 38 heavy (non-hydrogen) atoms. The van der Waals surface area contributed by atoms with Gasteiger partial charge in [-0.25, -0.2) is 9.59 Å². The third-order valence-electron chi connectivity index (χ3n) is 5.05. The van der Waals surface area contributed by atoms with Crippen LogP contribution in [-0.2, 0) is 40.0 Å². The summed E-state index contributed by atoms with van der Waals surface area (Å²) in [5, 5.41) is 7.36. The van der Waals surface area contributed by atoms with Gasteiger partial charge in [0.25, 0.3) is 0 Å². The predicted molar refractivity (Wildman–Crippen MR) is 138 cm³/mol. The summed E-state index contributed by atoms with van der Waals surface area (Å²) >= 11 is 0. The minimum Gasteiger partial charge on any atom is -0.467 e. The van der Waals surface area contributed by atoms with Crippen LogP contribution in [0.4, 0.5) is 4.79 Å². The Labute approximate surface area is 223 Å². The number of amides is 4. The van der Waals surface area contributed by atoms with Crippen molar-refractivity contribution in [3.05, 3.63) is 35.9 Å². The first kappa shape index (κ1) is 32.4. The van der Waals surface area contributed by atoms with Crippen molar-refractivity contribution < 1.29 is 38.2 Å². The van der Waals surface area contributed by atoms with Crippen LogP contribution in [0.2, 0.25) is 0 Å². The summed E-state index contributed by atoms with van der Waals surface area (Å²) in [6, 6.07) is 5.27. The number of ether oxygens (including phenoxy) is 3. The number of hydrogen-bond donors (Lipinski definition) is 4. The van der Waals surface area contributed by atoms with Gasteiger partial charge in [-0.15, -0.1) is 0 Å². The Morgan fingerprint density at radius 3 is 2.00 bits per heavy atom. The molecule has 0 saturated carbocycles. The first-order valence-electron chi connectivity index (χ1n) is 12.3. The molecule has 12 nitrogen and oxygen atoms in total. The predicted octanol–water partition coefficient (Wildman–Crippen LogP) is 1.16. The fraction of sp³-hybridized carbons (Fsp3) is 0.577. The van der Waals surface area contributed by atoms with Crippen molar-refractivity contribution in [1.82, 2.24) is 16.0 Å². The summed E-state index contributed by atoms with van der Waals surface area (Å²) in [4.78, 5) is 62.3. The van der Waals surface area contributed by atoms with Crippen molar-refractivity contribution in [2.45, 2.75) is 77.8 Å². The van der Waals surface area contributed by atoms with Gasteiger partial charge < -0.3 is 35.9 Å². The van der Waals surface area contributed by atoms with Crippen molar-refractivity contribution in [2.24, 2.45) is 11.7 Å². The molecule has 212 valence electrons. The van der Waals surface area contributed by atoms with Gasteiger partial charge >= 0.3 is 12.1 Å². The molecule has 0 aliphatic carbocycles. The molecule has 0 unspecified atom stereocenters. The molecule has 0 aliphatic heterocycles. The van der Waals surface area contributed by atoms with E-state index in [0.717, 1.165) is 5.56 Å². The van der Waals surface area contributed by atoms with Gasteiger partial charge in [-0.3, -0.25) is 14.4 Å². The molecule has 0 aliphatic rings. The highest BCUT2D eigenvalue weighted by atomic mass is 16.5. The van der Waals surface area contributed by atoms with Gasteiger partial charge in [0, 0.05) is 0 Å². The molecular weight excluding hydrogens is 496 g/mol. The number of nitrogens with two attached hydrogens (primary N) is 1. The van der Waals surface area contributed by atoms with Gasteiger partial charge in [0.05, 0.1) is 25.7 Å². The number of esters is 1. The van der Waals surface area contributed by atoms with Crippen LogP contribution < -0.4 is 21.7 Å². The van der Waals surface area contributed by atoms with Crippen LogP contribution in [0.1, 0.15) is 53.0 Å². The van der Waals surface area contributed by atoms with Crippen LogP contribution in [0.25, 0.3) is 0 Å². The third kappa shape index (κ3) is 13.0. The third-order valence-corrected chi connectivity index (χ3v) is 5.05. The molecule has 0 heterocycles. The Balaban J connectivity index is 3.00. The summed E-state index contributed by atoms with van der Waals surface area (Å²) in [5.74, 6) is -3.12. The lowest BCUT2D eigenvalue weighted by Gasteiger charge is -2.27. The minimum atomic E-state index is -1.42. The van der Waals surface area contributed by atoms with Gasteiger partial charge in [-0.1, -0.05) is 44.2 Å². The summed E-state index contributed by atoms with van der Waals surface area (Å²) in [7, 11) is 1.19. The molecular formula is C26H40N4O8. The Kier molecular flexibility index (Phi) is 13.2. The van der Waals surface area contributed by atoms with Gasteiger partial charge in [-0.2, -0.15) is 0 Å². The highest BCUT2D eigenvalue weighted by Crippen LogP contribution is 2.10. The Morgan fingerprint density at radius 1 is 0.895 bits per heavy atom. The Morgan fingerprint density at radius 2 is 1.47 bits per heavy atom. The molecule has 0 saturated heterocycles. The van der Waals surface area contributed by atoms with E-state index in [9.17, 15) is 24.0 Å². The second kappa shape index (κ2) is 15.6. The molecule has 1 rings (SSSR count). The van der Waals surface area contributed by atoms with Gasteiger partial charge in [0.1, 0.15) is 24.7 Å². The zero-order valence-electron chi connectivity index (χ0n) is 22.9. The molecule has 5 N–H and O–H groups in total. The molecule has 0 spiro atoms. The number of carbonyl (C=O) groups excluding carboxylic acids is 5. The first-order chi connectivity index (χ1) is 17.7. The maximum Gasteiger partial charge on any atom is 0.408 e. The van der Waals surface area contributed by atoms with Crippen molar-refractivity contribution in [3.63, 3.8) is 0 Å². The number of nitrogens with one attached hydrogen (secondary N) is 3. The topological polar surface area (TPSA) is 175 Å². The van der Waals surface area contributed by atoms with Crippen molar-refractivity contribution in [1.29, 1.82) is 0 Å². The largest absolute Gasteiger partial charge is 0.467 e. The van der Waals surface area contributed by atoms with E-state index in [1.54, 1.807) is 45.0 Å². The van der Waals surface area contributed by atoms with E-state index in [0.29, 0.717) is 0 Å². The molecule has 0 radical (unpaired) electrons. The van der Waals surface area contributed by atoms with E-state index in [4.69, 9.17) is 19.9 Å². The van der Waals surface area contributed by atoms with Crippen LogP contribution in [-0.4, -0.2) is 67.2 Å². The standard InChI is InChI=1S/C26H40N4O8/c1-16(2)12-19(24(34)36-6)29-22(32)18(13-21(27)31)28-23(33)20(15-38-26(3,4)5)30-25(35)37-14-17-10-8-7-9-11-17/h7-11,16,18-20H,12-15H2,1-6H3,(H2,27,31)(H,28,33)(H,29,32)(H,30,35)/t18-,19-,20-/m0/s1. The Bertz CT molecular complexity index is 946. The van der Waals surface area contributed by atoms with E-state index in [1.165, 1.54) is 7.11 Å². The summed E-state index contributed by atoms with van der Waals surface area (Å²) in [5.41, 5.74) is 5.39. The van der Waals surface area contributed by atoms with Crippen molar-refractivity contribution >= 4 is 29.8 Å². The van der Waals surface area contributed by atoms with E-state index in [2.05, 4.69) is 16.0 Å². The number of alkyl carbamates (subject to hydrolysis) is 1. The molecule has 0 bridgehead atoms. The number of primary amides is 1. The van der Waals surface area contributed by atoms with Crippen molar-refractivity contribution in [2.75, 3.05) is 13.7 Å². The number of carbonyl (C=O) groups is 5. The molecule has 0 fully saturated rings. The first-order valence-corrected chi connectivity index (χ1v) is 12.3. The lowest BCUT2D eigenvalue weighted by atomic mass is 10.0. The summed E-state index contributed by atoms with van der Waals surface area (Å²) < 4.78 is 15.6. The molecule has 1 aromatic carbocycles. The van der Waals surface area contributed by atoms with E-state index >= 15 is 0 Å². The number of hydrogen-bond acceptors (Lipinski definition) is 8. The Hall–Kier alpha value is -3.67. The summed E-state index contributed by atoms with van der Waals surface area (Å²) in [6.45, 7) is 8.72. The van der Waals surface area contributed by atoms with E-state index in [-0.39, 0.29) is 25.6 Å². The smallest absolute Gasteiger partial charge is 0.408 e. The SMILES string of the molecule is COC(=O)[C@H](CC(C)C)NC(=O)[C@H](CC(N)=O)NC(=O)[C@H](COC(C)(C)C)NC(=O)OCc1ccccc1. The second-order valence-electron chi connectivity index (χ2n) is 10.1.